The molecule has 1 fully saturated rings. The van der Waals surface area contributed by atoms with Gasteiger partial charge in [0.15, 0.2) is 5.58 Å². The number of fused-ring (bicyclic) bond motifs is 1. The molecule has 3 aromatic rings. The quantitative estimate of drug-likeness (QED) is 0.695. The summed E-state index contributed by atoms with van der Waals surface area (Å²) >= 11 is 0. The number of aryl methyl sites for hydroxylation is 1. The van der Waals surface area contributed by atoms with E-state index >= 15 is 0 Å². The molecule has 0 saturated carbocycles. The number of benzene rings is 1. The van der Waals surface area contributed by atoms with Gasteiger partial charge in [-0.25, -0.2) is 17.9 Å². The van der Waals surface area contributed by atoms with Gasteiger partial charge in [0.05, 0.1) is 16.1 Å². The number of hydrogen-bond acceptors (Lipinski definition) is 6. The third-order valence-corrected chi connectivity index (χ3v) is 6.93. The Morgan fingerprint density at radius 2 is 1.93 bits per heavy atom. The Hall–Kier alpha value is -2.72. The zero-order valence-electron chi connectivity index (χ0n) is 15.3. The fourth-order valence-electron chi connectivity index (χ4n) is 3.49. The first-order chi connectivity index (χ1) is 13.3. The molecule has 1 aromatic carbocycles. The largest absolute Gasteiger partial charge is 0.417 e. The highest BCUT2D eigenvalue weighted by Gasteiger charge is 2.30. The van der Waals surface area contributed by atoms with Gasteiger partial charge in [-0.05, 0) is 43.9 Å². The lowest BCUT2D eigenvalue weighted by Crippen LogP contribution is -2.40. The fraction of sp³-hybridized carbons (Fsp3) is 0.389. The average Bonchev–Trinajstić information content (AvgIpc) is 3.04. The lowest BCUT2D eigenvalue weighted by atomic mass is 9.98. The van der Waals surface area contributed by atoms with Gasteiger partial charge in [0.1, 0.15) is 0 Å². The normalized spacial score (nSPS) is 16.6. The molecular weight excluding hydrogens is 384 g/mol. The van der Waals surface area contributed by atoms with Gasteiger partial charge in [-0.1, -0.05) is 0 Å². The molecule has 0 atom stereocenters. The lowest BCUT2D eigenvalue weighted by Gasteiger charge is -2.31. The van der Waals surface area contributed by atoms with Crippen LogP contribution in [0.1, 0.15) is 18.5 Å². The van der Waals surface area contributed by atoms with E-state index in [9.17, 15) is 18.0 Å². The Balaban J connectivity index is 1.48. The summed E-state index contributed by atoms with van der Waals surface area (Å²) in [5, 5.41) is 4.25. The number of piperidine rings is 1. The van der Waals surface area contributed by atoms with Gasteiger partial charge in [-0.3, -0.25) is 9.78 Å². The van der Waals surface area contributed by atoms with Crippen molar-refractivity contribution in [2.24, 2.45) is 5.92 Å². The minimum absolute atomic E-state index is 0.0952. The van der Waals surface area contributed by atoms with E-state index in [-0.39, 0.29) is 22.0 Å². The number of sulfonamides is 1. The lowest BCUT2D eigenvalue weighted by molar-refractivity contribution is 0.244. The van der Waals surface area contributed by atoms with Crippen molar-refractivity contribution < 1.29 is 12.8 Å². The second-order valence-electron chi connectivity index (χ2n) is 7.02. The molecule has 0 bridgehead atoms. The third kappa shape index (κ3) is 3.52. The average molecular weight is 404 g/mol. The molecule has 0 spiro atoms. The standard InChI is InChI=1S/C18H20N4O5S/c1-12-2-5-17(23)22(20-12)11-13-6-8-21(9-7-13)28(25,26)14-3-4-15-16(10-14)27-18(24)19-15/h2-5,10,13H,6-9,11H2,1H3,(H,19,24). The van der Waals surface area contributed by atoms with Crippen molar-refractivity contribution in [2.45, 2.75) is 31.2 Å². The summed E-state index contributed by atoms with van der Waals surface area (Å²) in [5.74, 6) is -0.436. The molecular formula is C18H20N4O5S. The molecule has 1 N–H and O–H groups in total. The molecule has 3 heterocycles. The summed E-state index contributed by atoms with van der Waals surface area (Å²) in [6.07, 6.45) is 1.28. The monoisotopic (exact) mass is 404 g/mol. The first-order valence-electron chi connectivity index (χ1n) is 9.01. The maximum Gasteiger partial charge on any atom is 0.417 e. The van der Waals surface area contributed by atoms with Gasteiger partial charge in [0.2, 0.25) is 10.0 Å². The SMILES string of the molecule is Cc1ccc(=O)n(CC2CCN(S(=O)(=O)c3ccc4[nH]c(=O)oc4c3)CC2)n1. The highest BCUT2D eigenvalue weighted by Crippen LogP contribution is 2.26. The Kier molecular flexibility index (Phi) is 4.68. The van der Waals surface area contributed by atoms with Crippen LogP contribution in [0.3, 0.4) is 0 Å². The van der Waals surface area contributed by atoms with Gasteiger partial charge < -0.3 is 4.42 Å². The Morgan fingerprint density at radius 3 is 2.68 bits per heavy atom. The summed E-state index contributed by atoms with van der Waals surface area (Å²) in [5.41, 5.74) is 1.29. The smallest absolute Gasteiger partial charge is 0.408 e. The highest BCUT2D eigenvalue weighted by atomic mass is 32.2. The van der Waals surface area contributed by atoms with Crippen molar-refractivity contribution in [1.29, 1.82) is 0 Å². The van der Waals surface area contributed by atoms with Crippen LogP contribution in [-0.4, -0.2) is 40.6 Å². The number of rotatable bonds is 4. The van der Waals surface area contributed by atoms with Crippen molar-refractivity contribution in [2.75, 3.05) is 13.1 Å². The number of aromatic amines is 1. The zero-order chi connectivity index (χ0) is 19.9. The van der Waals surface area contributed by atoms with Crippen LogP contribution in [0.25, 0.3) is 11.1 Å². The first-order valence-corrected chi connectivity index (χ1v) is 10.4. The van der Waals surface area contributed by atoms with E-state index in [0.29, 0.717) is 38.0 Å². The van der Waals surface area contributed by atoms with E-state index in [1.54, 1.807) is 6.07 Å². The summed E-state index contributed by atoms with van der Waals surface area (Å²) < 4.78 is 33.7. The number of nitrogens with one attached hydrogen (secondary N) is 1. The van der Waals surface area contributed by atoms with Crippen LogP contribution < -0.4 is 11.3 Å². The fourth-order valence-corrected chi connectivity index (χ4v) is 4.98. The van der Waals surface area contributed by atoms with E-state index in [1.165, 1.54) is 33.3 Å². The van der Waals surface area contributed by atoms with Crippen molar-refractivity contribution in [3.8, 4) is 0 Å². The van der Waals surface area contributed by atoms with E-state index in [2.05, 4.69) is 10.1 Å². The van der Waals surface area contributed by atoms with Gasteiger partial charge in [-0.2, -0.15) is 9.40 Å². The molecule has 0 amide bonds. The molecule has 1 aliphatic heterocycles. The summed E-state index contributed by atoms with van der Waals surface area (Å²) in [6, 6.07) is 7.53. The maximum atomic E-state index is 12.9. The molecule has 28 heavy (non-hydrogen) atoms. The molecule has 4 rings (SSSR count). The number of H-pyrrole nitrogens is 1. The number of hydrogen-bond donors (Lipinski definition) is 1. The van der Waals surface area contributed by atoms with E-state index < -0.39 is 15.8 Å². The van der Waals surface area contributed by atoms with E-state index in [4.69, 9.17) is 4.42 Å². The maximum absolute atomic E-state index is 12.9. The van der Waals surface area contributed by atoms with E-state index in [1.807, 2.05) is 6.92 Å². The van der Waals surface area contributed by atoms with Crippen molar-refractivity contribution in [1.82, 2.24) is 19.1 Å². The second kappa shape index (κ2) is 7.02. The summed E-state index contributed by atoms with van der Waals surface area (Å²) in [6.45, 7) is 3.04. The molecule has 2 aromatic heterocycles. The van der Waals surface area contributed by atoms with Gasteiger partial charge in [-0.15, -0.1) is 0 Å². The molecule has 0 radical (unpaired) electrons. The highest BCUT2D eigenvalue weighted by molar-refractivity contribution is 7.89. The molecule has 0 unspecified atom stereocenters. The molecule has 9 nitrogen and oxygen atoms in total. The molecule has 10 heteroatoms. The Bertz CT molecular complexity index is 1230. The predicted octanol–water partition coefficient (Wildman–Crippen LogP) is 1.09. The molecule has 1 saturated heterocycles. The minimum atomic E-state index is -3.68. The number of oxazole rings is 1. The number of nitrogens with zero attached hydrogens (tertiary/aromatic N) is 3. The van der Waals surface area contributed by atoms with Crippen LogP contribution in [0.4, 0.5) is 0 Å². The Labute approximate surface area is 160 Å². The molecule has 148 valence electrons. The van der Waals surface area contributed by atoms with Crippen LogP contribution in [-0.2, 0) is 16.6 Å². The second-order valence-corrected chi connectivity index (χ2v) is 8.95. The van der Waals surface area contributed by atoms with Gasteiger partial charge in [0.25, 0.3) is 5.56 Å². The third-order valence-electron chi connectivity index (χ3n) is 5.03. The van der Waals surface area contributed by atoms with Crippen molar-refractivity contribution in [3.05, 3.63) is 56.9 Å². The van der Waals surface area contributed by atoms with E-state index in [0.717, 1.165) is 5.69 Å². The zero-order valence-corrected chi connectivity index (χ0v) is 16.1. The number of aromatic nitrogens is 3. The van der Waals surface area contributed by atoms with Gasteiger partial charge in [0, 0.05) is 31.8 Å². The molecule has 0 aliphatic carbocycles. The van der Waals surface area contributed by atoms with Crippen LogP contribution in [0.5, 0.6) is 0 Å². The topological polar surface area (TPSA) is 118 Å². The summed E-state index contributed by atoms with van der Waals surface area (Å²) in [4.78, 5) is 25.8. The van der Waals surface area contributed by atoms with Crippen LogP contribution in [0.15, 0.2) is 49.2 Å². The van der Waals surface area contributed by atoms with Crippen molar-refractivity contribution in [3.63, 3.8) is 0 Å². The van der Waals surface area contributed by atoms with Gasteiger partial charge >= 0.3 is 5.76 Å². The Morgan fingerprint density at radius 1 is 1.18 bits per heavy atom. The summed E-state index contributed by atoms with van der Waals surface area (Å²) in [7, 11) is -3.68. The van der Waals surface area contributed by atoms with Crippen LogP contribution >= 0.6 is 0 Å². The van der Waals surface area contributed by atoms with Crippen LogP contribution in [0, 0.1) is 12.8 Å². The predicted molar refractivity (Wildman–Crippen MR) is 102 cm³/mol. The van der Waals surface area contributed by atoms with Crippen molar-refractivity contribution >= 4 is 21.1 Å². The molecule has 1 aliphatic rings. The van der Waals surface area contributed by atoms with Crippen LogP contribution in [0.2, 0.25) is 0 Å². The minimum Gasteiger partial charge on any atom is -0.408 e. The first kappa shape index (κ1) is 18.6.